The number of likely N-dealkylation sites (tertiary alicyclic amines) is 2. The van der Waals surface area contributed by atoms with Gasteiger partial charge in [0.25, 0.3) is 0 Å². The first kappa shape index (κ1) is 18.3. The summed E-state index contributed by atoms with van der Waals surface area (Å²) >= 11 is 0. The van der Waals surface area contributed by atoms with Crippen molar-refractivity contribution in [3.05, 3.63) is 29.8 Å². The fourth-order valence-corrected chi connectivity index (χ4v) is 4.68. The predicted octanol–water partition coefficient (Wildman–Crippen LogP) is 2.07. The Balaban J connectivity index is 1.40. The highest BCUT2D eigenvalue weighted by atomic mass is 16.5. The molecule has 0 unspecified atom stereocenters. The molecule has 0 N–H and O–H groups in total. The third-order valence-electron chi connectivity index (χ3n) is 6.34. The van der Waals surface area contributed by atoms with Crippen LogP contribution in [-0.4, -0.2) is 61.6 Å². The first-order valence-corrected chi connectivity index (χ1v) is 9.90. The zero-order valence-corrected chi connectivity index (χ0v) is 16.0. The summed E-state index contributed by atoms with van der Waals surface area (Å²) in [4.78, 5) is 29.9. The van der Waals surface area contributed by atoms with Crippen molar-refractivity contribution in [3.63, 3.8) is 0 Å². The van der Waals surface area contributed by atoms with Crippen LogP contribution in [0.4, 0.5) is 0 Å². The van der Waals surface area contributed by atoms with Gasteiger partial charge in [0.2, 0.25) is 11.8 Å². The van der Waals surface area contributed by atoms with Crippen LogP contribution < -0.4 is 4.74 Å². The van der Waals surface area contributed by atoms with Gasteiger partial charge in [-0.05, 0) is 43.4 Å². The SMILES string of the molecule is COc1cccc(CN2CC[C@@]3(CCN(C(=O)C4CCOCC4)C3)C2=O)c1. The van der Waals surface area contributed by atoms with E-state index in [2.05, 4.69) is 0 Å². The van der Waals surface area contributed by atoms with Crippen LogP contribution in [0.1, 0.15) is 31.2 Å². The molecule has 0 aliphatic carbocycles. The van der Waals surface area contributed by atoms with Gasteiger partial charge in [-0.2, -0.15) is 0 Å². The summed E-state index contributed by atoms with van der Waals surface area (Å²) < 4.78 is 10.7. The highest BCUT2D eigenvalue weighted by Crippen LogP contribution is 2.42. The monoisotopic (exact) mass is 372 g/mol. The van der Waals surface area contributed by atoms with E-state index in [1.54, 1.807) is 7.11 Å². The molecule has 3 fully saturated rings. The fourth-order valence-electron chi connectivity index (χ4n) is 4.68. The maximum atomic E-state index is 13.2. The van der Waals surface area contributed by atoms with Crippen molar-refractivity contribution in [2.75, 3.05) is 40.0 Å². The molecule has 0 radical (unpaired) electrons. The Hall–Kier alpha value is -2.08. The van der Waals surface area contributed by atoms with Gasteiger partial charge in [0.1, 0.15) is 5.75 Å². The maximum Gasteiger partial charge on any atom is 0.231 e. The highest BCUT2D eigenvalue weighted by Gasteiger charge is 2.51. The van der Waals surface area contributed by atoms with E-state index in [-0.39, 0.29) is 23.1 Å². The average molecular weight is 372 g/mol. The molecule has 3 aliphatic heterocycles. The van der Waals surface area contributed by atoms with Gasteiger partial charge in [-0.1, -0.05) is 12.1 Å². The Kier molecular flexibility index (Phi) is 5.08. The van der Waals surface area contributed by atoms with Crippen LogP contribution in [0.5, 0.6) is 5.75 Å². The minimum atomic E-state index is -0.375. The van der Waals surface area contributed by atoms with Gasteiger partial charge < -0.3 is 19.3 Å². The van der Waals surface area contributed by atoms with E-state index >= 15 is 0 Å². The van der Waals surface area contributed by atoms with E-state index in [0.717, 1.165) is 43.5 Å². The molecule has 1 aromatic rings. The highest BCUT2D eigenvalue weighted by molar-refractivity contribution is 5.87. The van der Waals surface area contributed by atoms with Gasteiger partial charge >= 0.3 is 0 Å². The van der Waals surface area contributed by atoms with Crippen LogP contribution in [0.15, 0.2) is 24.3 Å². The van der Waals surface area contributed by atoms with E-state index in [9.17, 15) is 9.59 Å². The lowest BCUT2D eigenvalue weighted by molar-refractivity contribution is -0.139. The lowest BCUT2D eigenvalue weighted by atomic mass is 9.85. The molecule has 3 heterocycles. The third-order valence-corrected chi connectivity index (χ3v) is 6.34. The van der Waals surface area contributed by atoms with Crippen molar-refractivity contribution in [2.24, 2.45) is 11.3 Å². The Morgan fingerprint density at radius 2 is 2.04 bits per heavy atom. The molecular formula is C21H28N2O4. The Labute approximate surface area is 160 Å². The van der Waals surface area contributed by atoms with Crippen LogP contribution in [0, 0.1) is 11.3 Å². The van der Waals surface area contributed by atoms with Crippen LogP contribution in [-0.2, 0) is 20.9 Å². The first-order chi connectivity index (χ1) is 13.1. The molecule has 4 rings (SSSR count). The number of methoxy groups -OCH3 is 1. The van der Waals surface area contributed by atoms with Crippen LogP contribution in [0.2, 0.25) is 0 Å². The van der Waals surface area contributed by atoms with Crippen molar-refractivity contribution in [1.29, 1.82) is 0 Å². The summed E-state index contributed by atoms with van der Waals surface area (Å²) in [6, 6.07) is 7.87. The molecule has 0 aromatic heterocycles. The second-order valence-corrected chi connectivity index (χ2v) is 8.01. The van der Waals surface area contributed by atoms with Crippen LogP contribution in [0.3, 0.4) is 0 Å². The normalized spacial score (nSPS) is 26.2. The van der Waals surface area contributed by atoms with Gasteiger partial charge in [0, 0.05) is 45.3 Å². The summed E-state index contributed by atoms with van der Waals surface area (Å²) in [5.41, 5.74) is 0.701. The number of benzene rings is 1. The molecule has 1 spiro atoms. The number of amides is 2. The molecule has 146 valence electrons. The maximum absolute atomic E-state index is 13.2. The zero-order chi connectivity index (χ0) is 18.9. The van der Waals surface area contributed by atoms with E-state index in [1.165, 1.54) is 0 Å². The van der Waals surface area contributed by atoms with Gasteiger partial charge in [0.05, 0.1) is 12.5 Å². The standard InChI is InChI=1S/C21H28N2O4/c1-26-18-4-2-3-16(13-18)14-22-9-7-21(20(22)25)8-10-23(15-21)19(24)17-5-11-27-12-6-17/h2-4,13,17H,5-12,14-15H2,1H3/t21-/m0/s1. The molecule has 1 atom stereocenters. The molecule has 3 aliphatic rings. The third kappa shape index (κ3) is 3.55. The first-order valence-electron chi connectivity index (χ1n) is 9.90. The Bertz CT molecular complexity index is 716. The smallest absolute Gasteiger partial charge is 0.231 e. The largest absolute Gasteiger partial charge is 0.497 e. The van der Waals surface area contributed by atoms with Gasteiger partial charge in [-0.3, -0.25) is 9.59 Å². The van der Waals surface area contributed by atoms with Gasteiger partial charge in [0.15, 0.2) is 0 Å². The average Bonchev–Trinajstić information content (AvgIpc) is 3.28. The molecule has 0 bridgehead atoms. The summed E-state index contributed by atoms with van der Waals surface area (Å²) in [5, 5.41) is 0. The lowest BCUT2D eigenvalue weighted by Crippen LogP contribution is -2.41. The number of hydrogen-bond donors (Lipinski definition) is 0. The number of ether oxygens (including phenoxy) is 2. The van der Waals surface area contributed by atoms with Crippen LogP contribution in [0.25, 0.3) is 0 Å². The summed E-state index contributed by atoms with van der Waals surface area (Å²) in [6.45, 7) is 3.98. The second-order valence-electron chi connectivity index (χ2n) is 8.01. The summed E-state index contributed by atoms with van der Waals surface area (Å²) in [5.74, 6) is 1.29. The molecular weight excluding hydrogens is 344 g/mol. The number of carbonyl (C=O) groups is 2. The second kappa shape index (κ2) is 7.50. The molecule has 0 saturated carbocycles. The zero-order valence-electron chi connectivity index (χ0n) is 16.0. The minimum absolute atomic E-state index is 0.0679. The molecule has 6 heteroatoms. The van der Waals surface area contributed by atoms with Gasteiger partial charge in [-0.25, -0.2) is 0 Å². The Morgan fingerprint density at radius 3 is 2.81 bits per heavy atom. The molecule has 1 aromatic carbocycles. The van der Waals surface area contributed by atoms with Crippen molar-refractivity contribution in [1.82, 2.24) is 9.80 Å². The van der Waals surface area contributed by atoms with Gasteiger partial charge in [-0.15, -0.1) is 0 Å². The topological polar surface area (TPSA) is 59.1 Å². The fraction of sp³-hybridized carbons (Fsp3) is 0.619. The van der Waals surface area contributed by atoms with Crippen molar-refractivity contribution < 1.29 is 19.1 Å². The molecule has 27 heavy (non-hydrogen) atoms. The number of rotatable bonds is 4. The van der Waals surface area contributed by atoms with E-state index < -0.39 is 0 Å². The van der Waals surface area contributed by atoms with Crippen LogP contribution >= 0.6 is 0 Å². The Morgan fingerprint density at radius 1 is 1.26 bits per heavy atom. The molecule has 6 nitrogen and oxygen atoms in total. The van der Waals surface area contributed by atoms with Crippen molar-refractivity contribution in [2.45, 2.75) is 32.2 Å². The molecule has 2 amide bonds. The summed E-state index contributed by atoms with van der Waals surface area (Å²) in [6.07, 6.45) is 3.24. The number of carbonyl (C=O) groups excluding carboxylic acids is 2. The minimum Gasteiger partial charge on any atom is -0.497 e. The molecule has 3 saturated heterocycles. The summed E-state index contributed by atoms with van der Waals surface area (Å²) in [7, 11) is 1.65. The van der Waals surface area contributed by atoms with E-state index in [1.807, 2.05) is 34.1 Å². The van der Waals surface area contributed by atoms with Crippen molar-refractivity contribution in [3.8, 4) is 5.75 Å². The van der Waals surface area contributed by atoms with E-state index in [4.69, 9.17) is 9.47 Å². The van der Waals surface area contributed by atoms with Crippen molar-refractivity contribution >= 4 is 11.8 Å². The van der Waals surface area contributed by atoms with E-state index in [0.29, 0.717) is 32.8 Å². The lowest BCUT2D eigenvalue weighted by Gasteiger charge is -2.28. The number of hydrogen-bond acceptors (Lipinski definition) is 4. The predicted molar refractivity (Wildman–Crippen MR) is 100 cm³/mol. The quantitative estimate of drug-likeness (QED) is 0.812. The number of nitrogens with zero attached hydrogens (tertiary/aromatic N) is 2.